The molecular formula is C22H15F3N4O. The molecule has 0 bridgehead atoms. The Morgan fingerprint density at radius 2 is 1.70 bits per heavy atom. The smallest absolute Gasteiger partial charge is 0.272 e. The van der Waals surface area contributed by atoms with Gasteiger partial charge in [-0.05, 0) is 29.0 Å². The molecule has 2 N–H and O–H groups in total. The Hall–Kier alpha value is -3.94. The summed E-state index contributed by atoms with van der Waals surface area (Å²) in [7, 11) is 0. The highest BCUT2D eigenvalue weighted by Gasteiger charge is 2.32. The van der Waals surface area contributed by atoms with Gasteiger partial charge >= 0.3 is 6.18 Å². The van der Waals surface area contributed by atoms with E-state index in [1.807, 2.05) is 42.5 Å². The van der Waals surface area contributed by atoms with E-state index in [2.05, 4.69) is 20.7 Å². The first kappa shape index (κ1) is 19.4. The maximum Gasteiger partial charge on any atom is 0.417 e. The lowest BCUT2D eigenvalue weighted by atomic mass is 10.1. The number of nitrogens with one attached hydrogen (secondary N) is 2. The fraction of sp³-hybridized carbons (Fsp3) is 0.0455. The number of fused-ring (bicyclic) bond motifs is 1. The molecule has 1 amide bonds. The van der Waals surface area contributed by atoms with Crippen molar-refractivity contribution >= 4 is 22.9 Å². The van der Waals surface area contributed by atoms with E-state index < -0.39 is 17.6 Å². The molecule has 0 saturated carbocycles. The van der Waals surface area contributed by atoms with E-state index in [4.69, 9.17) is 0 Å². The number of hydrogen-bond donors (Lipinski definition) is 2. The van der Waals surface area contributed by atoms with Crippen LogP contribution in [-0.2, 0) is 6.18 Å². The van der Waals surface area contributed by atoms with Crippen molar-refractivity contribution in [3.05, 3.63) is 89.6 Å². The third-order valence-electron chi connectivity index (χ3n) is 4.50. The lowest BCUT2D eigenvalue weighted by Crippen LogP contribution is -2.18. The summed E-state index contributed by atoms with van der Waals surface area (Å²) in [6, 6.07) is 20.2. The molecule has 1 heterocycles. The molecule has 150 valence electrons. The van der Waals surface area contributed by atoms with Crippen LogP contribution < -0.4 is 5.43 Å². The molecular weight excluding hydrogens is 393 g/mol. The predicted octanol–water partition coefficient (Wildman–Crippen LogP) is 5.01. The molecule has 4 rings (SSSR count). The van der Waals surface area contributed by atoms with Crippen molar-refractivity contribution in [1.82, 2.24) is 15.6 Å². The Morgan fingerprint density at radius 1 is 0.967 bits per heavy atom. The van der Waals surface area contributed by atoms with Gasteiger partial charge in [-0.25, -0.2) is 5.43 Å². The Balaban J connectivity index is 1.49. The lowest BCUT2D eigenvalue weighted by molar-refractivity contribution is -0.137. The van der Waals surface area contributed by atoms with Gasteiger partial charge in [0.25, 0.3) is 5.91 Å². The van der Waals surface area contributed by atoms with Crippen LogP contribution >= 0.6 is 0 Å². The van der Waals surface area contributed by atoms with E-state index in [0.29, 0.717) is 5.69 Å². The van der Waals surface area contributed by atoms with E-state index in [-0.39, 0.29) is 11.3 Å². The van der Waals surface area contributed by atoms with E-state index in [0.717, 1.165) is 28.6 Å². The van der Waals surface area contributed by atoms with Crippen LogP contribution in [0.4, 0.5) is 13.2 Å². The van der Waals surface area contributed by atoms with E-state index in [9.17, 15) is 18.0 Å². The van der Waals surface area contributed by atoms with Gasteiger partial charge in [0.1, 0.15) is 5.69 Å². The summed E-state index contributed by atoms with van der Waals surface area (Å²) in [6.07, 6.45) is -3.55. The molecule has 4 aromatic rings. The fourth-order valence-corrected chi connectivity index (χ4v) is 3.02. The first-order valence-corrected chi connectivity index (χ1v) is 8.96. The lowest BCUT2D eigenvalue weighted by Gasteiger charge is -2.09. The van der Waals surface area contributed by atoms with E-state index >= 15 is 0 Å². The van der Waals surface area contributed by atoms with Crippen molar-refractivity contribution < 1.29 is 18.0 Å². The molecule has 0 saturated heterocycles. The highest BCUT2D eigenvalue weighted by molar-refractivity contribution is 5.94. The van der Waals surface area contributed by atoms with Crippen LogP contribution in [0.2, 0.25) is 0 Å². The monoisotopic (exact) mass is 408 g/mol. The Kier molecular flexibility index (Phi) is 5.05. The molecule has 0 radical (unpaired) electrons. The predicted molar refractivity (Wildman–Crippen MR) is 108 cm³/mol. The number of benzene rings is 3. The van der Waals surface area contributed by atoms with Crippen molar-refractivity contribution in [3.8, 4) is 11.3 Å². The Morgan fingerprint density at radius 3 is 2.50 bits per heavy atom. The highest BCUT2D eigenvalue weighted by Crippen LogP contribution is 2.31. The van der Waals surface area contributed by atoms with Crippen molar-refractivity contribution in [1.29, 1.82) is 0 Å². The minimum atomic E-state index is -4.51. The number of carbonyl (C=O) groups is 1. The summed E-state index contributed by atoms with van der Waals surface area (Å²) in [5.41, 5.74) is 2.77. The summed E-state index contributed by atoms with van der Waals surface area (Å²) in [5.74, 6) is -0.615. The van der Waals surface area contributed by atoms with Crippen LogP contribution in [0, 0.1) is 0 Å². The van der Waals surface area contributed by atoms with E-state index in [1.54, 1.807) is 6.07 Å². The van der Waals surface area contributed by atoms with Crippen molar-refractivity contribution in [2.45, 2.75) is 6.18 Å². The number of nitrogens with zero attached hydrogens (tertiary/aromatic N) is 2. The second-order valence-corrected chi connectivity index (χ2v) is 6.51. The Labute approximate surface area is 169 Å². The average molecular weight is 408 g/mol. The maximum absolute atomic E-state index is 13.0. The number of hydrazone groups is 1. The maximum atomic E-state index is 13.0. The number of carbonyl (C=O) groups excluding carboxylic acids is 1. The summed E-state index contributed by atoms with van der Waals surface area (Å²) in [6.45, 7) is 0. The molecule has 0 aliphatic rings. The van der Waals surface area contributed by atoms with Crippen LogP contribution in [0.3, 0.4) is 0 Å². The van der Waals surface area contributed by atoms with Gasteiger partial charge in [0.15, 0.2) is 0 Å². The molecule has 5 nitrogen and oxygen atoms in total. The van der Waals surface area contributed by atoms with Crippen LogP contribution in [0.15, 0.2) is 77.9 Å². The summed E-state index contributed by atoms with van der Waals surface area (Å²) >= 11 is 0. The Bertz CT molecular complexity index is 1240. The van der Waals surface area contributed by atoms with Gasteiger partial charge in [0.05, 0.1) is 17.5 Å². The van der Waals surface area contributed by atoms with Crippen LogP contribution in [-0.4, -0.2) is 22.3 Å². The molecule has 0 atom stereocenters. The summed E-state index contributed by atoms with van der Waals surface area (Å²) in [5, 5.41) is 12.5. The van der Waals surface area contributed by atoms with Gasteiger partial charge in [-0.1, -0.05) is 54.6 Å². The number of aromatic amines is 1. The normalized spacial score (nSPS) is 11.8. The molecule has 3 aromatic carbocycles. The number of alkyl halides is 3. The second-order valence-electron chi connectivity index (χ2n) is 6.51. The van der Waals surface area contributed by atoms with Gasteiger partial charge in [0, 0.05) is 11.1 Å². The number of hydrogen-bond acceptors (Lipinski definition) is 3. The standard InChI is InChI=1S/C22H15F3N4O/c23-22(24,25)18-8-4-3-7-17(18)13-26-29-21(30)20-12-19(27-28-20)16-10-9-14-5-1-2-6-15(14)11-16/h1-13H,(H,27,28)(H,29,30)/b26-13-. The molecule has 0 fully saturated rings. The summed E-state index contributed by atoms with van der Waals surface area (Å²) < 4.78 is 39.0. The number of H-pyrrole nitrogens is 1. The third-order valence-corrected chi connectivity index (χ3v) is 4.50. The zero-order valence-corrected chi connectivity index (χ0v) is 15.4. The third kappa shape index (κ3) is 4.07. The van der Waals surface area contributed by atoms with Crippen LogP contribution in [0.5, 0.6) is 0 Å². The zero-order valence-electron chi connectivity index (χ0n) is 15.4. The first-order valence-electron chi connectivity index (χ1n) is 8.96. The SMILES string of the molecule is O=C(N/N=C\c1ccccc1C(F)(F)F)c1cc(-c2ccc3ccccc3c2)n[nH]1. The zero-order chi connectivity index (χ0) is 21.1. The number of halogens is 3. The molecule has 30 heavy (non-hydrogen) atoms. The molecule has 0 spiro atoms. The van der Waals surface area contributed by atoms with Gasteiger partial charge in [-0.2, -0.15) is 23.4 Å². The van der Waals surface area contributed by atoms with Gasteiger partial charge in [0.2, 0.25) is 0 Å². The highest BCUT2D eigenvalue weighted by atomic mass is 19.4. The average Bonchev–Trinajstić information content (AvgIpc) is 3.23. The topological polar surface area (TPSA) is 70.1 Å². The number of aromatic nitrogens is 2. The van der Waals surface area contributed by atoms with Gasteiger partial charge in [-0.3, -0.25) is 9.89 Å². The number of amides is 1. The quantitative estimate of drug-likeness (QED) is 0.368. The van der Waals surface area contributed by atoms with Crippen LogP contribution in [0.25, 0.3) is 22.0 Å². The van der Waals surface area contributed by atoms with Crippen LogP contribution in [0.1, 0.15) is 21.6 Å². The molecule has 0 aliphatic heterocycles. The first-order chi connectivity index (χ1) is 14.4. The van der Waals surface area contributed by atoms with Gasteiger partial charge < -0.3 is 0 Å². The van der Waals surface area contributed by atoms with Crippen molar-refractivity contribution in [2.75, 3.05) is 0 Å². The van der Waals surface area contributed by atoms with Gasteiger partial charge in [-0.15, -0.1) is 0 Å². The molecule has 0 unspecified atom stereocenters. The number of rotatable bonds is 4. The summed E-state index contributed by atoms with van der Waals surface area (Å²) in [4.78, 5) is 12.3. The fourth-order valence-electron chi connectivity index (χ4n) is 3.02. The minimum Gasteiger partial charge on any atom is -0.272 e. The largest absolute Gasteiger partial charge is 0.417 e. The van der Waals surface area contributed by atoms with Crippen molar-refractivity contribution in [2.24, 2.45) is 5.10 Å². The van der Waals surface area contributed by atoms with Crippen molar-refractivity contribution in [3.63, 3.8) is 0 Å². The molecule has 0 aliphatic carbocycles. The molecule has 1 aromatic heterocycles. The molecule has 8 heteroatoms. The second kappa shape index (κ2) is 7.82. The van der Waals surface area contributed by atoms with E-state index in [1.165, 1.54) is 18.2 Å². The minimum absolute atomic E-state index is 0.138.